The van der Waals surface area contributed by atoms with Crippen LogP contribution in [0.1, 0.15) is 43.0 Å². The smallest absolute Gasteiger partial charge is 0.208 e. The molecule has 0 saturated heterocycles. The van der Waals surface area contributed by atoms with Crippen molar-refractivity contribution in [1.29, 1.82) is 0 Å². The van der Waals surface area contributed by atoms with Crippen LogP contribution >= 0.6 is 22.9 Å². The Kier molecular flexibility index (Phi) is 11.7. The molecule has 1 radical (unpaired) electrons. The topological polar surface area (TPSA) is 40.0 Å². The fraction of sp³-hybridized carbons (Fsp3) is 0.350. The number of hydrogen-bond donors (Lipinski definition) is 2. The molecule has 1 aliphatic rings. The summed E-state index contributed by atoms with van der Waals surface area (Å²) in [7, 11) is 0. The number of benzene rings is 1. The van der Waals surface area contributed by atoms with Crippen LogP contribution in [0.25, 0.3) is 6.08 Å². The van der Waals surface area contributed by atoms with E-state index in [2.05, 4.69) is 62.2 Å². The fourth-order valence-corrected chi connectivity index (χ4v) is 3.71. The van der Waals surface area contributed by atoms with E-state index in [0.29, 0.717) is 0 Å². The van der Waals surface area contributed by atoms with Crippen LogP contribution in [0.15, 0.2) is 36.4 Å². The summed E-state index contributed by atoms with van der Waals surface area (Å²) < 4.78 is 0. The minimum atomic E-state index is -0.0401. The summed E-state index contributed by atoms with van der Waals surface area (Å²) in [6.45, 7) is 9.30. The van der Waals surface area contributed by atoms with Gasteiger partial charge in [-0.3, -0.25) is 0 Å². The molecule has 0 aliphatic carbocycles. The van der Waals surface area contributed by atoms with E-state index in [-0.39, 0.29) is 50.5 Å². The summed E-state index contributed by atoms with van der Waals surface area (Å²) in [6, 6.07) is 10.4. The number of hydrogen-bond acceptors (Lipinski definition) is 2. The monoisotopic (exact) mass is 485 g/mol. The number of allylic oxidation sites excluding steroid dienone is 1. The van der Waals surface area contributed by atoms with Crippen molar-refractivity contribution >= 4 is 40.4 Å². The standard InChI is InChI=1S/C18H18ClNS.C2H7N.ClH.Y/c1-4-13-6-7-14(21-13)8-10-17-18(2,3)15-11-12(19)5-9-16(15)20-17;1-2-3;;/h5-11H,4H2,1-3H3;2-3H2,1H3;1H;. The maximum atomic E-state index is 6.14. The van der Waals surface area contributed by atoms with Crippen LogP contribution in [-0.4, -0.2) is 12.3 Å². The number of fused-ring (bicyclic) bond motifs is 1. The molecule has 0 spiro atoms. The van der Waals surface area contributed by atoms with E-state index in [1.54, 1.807) is 0 Å². The quantitative estimate of drug-likeness (QED) is 0.671. The second-order valence-electron chi connectivity index (χ2n) is 6.25. The summed E-state index contributed by atoms with van der Waals surface area (Å²) in [5.41, 5.74) is 8.44. The van der Waals surface area contributed by atoms with Crippen LogP contribution in [0.2, 0.25) is 5.02 Å². The molecule has 0 fully saturated rings. The van der Waals surface area contributed by atoms with E-state index in [1.165, 1.54) is 21.0 Å². The van der Waals surface area contributed by atoms with E-state index in [1.807, 2.05) is 24.3 Å². The Bertz CT molecular complexity index is 767. The molecular weight excluding hydrogens is 460 g/mol. The third-order valence-corrected chi connectivity index (χ3v) is 5.47. The van der Waals surface area contributed by atoms with Crippen LogP contribution in [0.3, 0.4) is 0 Å². The Morgan fingerprint density at radius 3 is 2.38 bits per heavy atom. The third-order valence-electron chi connectivity index (χ3n) is 4.04. The molecule has 1 aromatic carbocycles. The Morgan fingerprint density at radius 2 is 1.81 bits per heavy atom. The van der Waals surface area contributed by atoms with Gasteiger partial charge in [0.15, 0.2) is 5.71 Å². The second-order valence-corrected chi connectivity index (χ2v) is 7.89. The first-order valence-electron chi connectivity index (χ1n) is 8.33. The van der Waals surface area contributed by atoms with Gasteiger partial charge in [0.2, 0.25) is 5.69 Å². The molecule has 2 aromatic rings. The predicted molar refractivity (Wildman–Crippen MR) is 108 cm³/mol. The van der Waals surface area contributed by atoms with E-state index in [4.69, 9.17) is 17.3 Å². The number of nitrogens with one attached hydrogen (secondary N) is 1. The molecule has 0 bridgehead atoms. The predicted octanol–water partition coefficient (Wildman–Crippen LogP) is 1.09. The first kappa shape index (κ1) is 26.0. The molecule has 0 saturated carbocycles. The number of thiophene rings is 1. The molecule has 6 heteroatoms. The van der Waals surface area contributed by atoms with Gasteiger partial charge in [-0.25, -0.2) is 4.99 Å². The van der Waals surface area contributed by atoms with Gasteiger partial charge in [0.1, 0.15) is 0 Å². The maximum absolute atomic E-state index is 6.14. The van der Waals surface area contributed by atoms with Crippen molar-refractivity contribution in [2.24, 2.45) is 5.73 Å². The SMILES string of the molecule is CCN.CCc1ccc(C=CC2=[NH+]c3ccc(Cl)cc3C2(C)C)s1.[Cl-].[Y]. The average molecular weight is 486 g/mol. The molecule has 2 heterocycles. The van der Waals surface area contributed by atoms with Gasteiger partial charge < -0.3 is 18.1 Å². The summed E-state index contributed by atoms with van der Waals surface area (Å²) in [5.74, 6) is 0. The molecule has 0 amide bonds. The van der Waals surface area contributed by atoms with E-state index in [9.17, 15) is 0 Å². The van der Waals surface area contributed by atoms with Gasteiger partial charge in [-0.1, -0.05) is 25.4 Å². The van der Waals surface area contributed by atoms with Crippen molar-refractivity contribution in [1.82, 2.24) is 0 Å². The minimum absolute atomic E-state index is 0. The van der Waals surface area contributed by atoms with E-state index < -0.39 is 0 Å². The van der Waals surface area contributed by atoms with E-state index >= 15 is 0 Å². The average Bonchev–Trinajstić information content (AvgIpc) is 3.09. The van der Waals surface area contributed by atoms with Crippen molar-refractivity contribution in [2.75, 3.05) is 6.54 Å². The van der Waals surface area contributed by atoms with E-state index in [0.717, 1.165) is 23.7 Å². The summed E-state index contributed by atoms with van der Waals surface area (Å²) in [4.78, 5) is 6.24. The number of rotatable bonds is 3. The van der Waals surface area contributed by atoms with Crippen LogP contribution < -0.4 is 23.1 Å². The van der Waals surface area contributed by atoms with Gasteiger partial charge in [0, 0.05) is 65.2 Å². The normalized spacial score (nSPS) is 13.8. The molecule has 2 nitrogen and oxygen atoms in total. The molecule has 0 atom stereocenters. The molecule has 139 valence electrons. The Hall–Kier alpha value is -0.0261. The minimum Gasteiger partial charge on any atom is -1.00 e. The second kappa shape index (κ2) is 11.7. The number of nitrogens with two attached hydrogens (primary N) is 1. The molecular formula is C20H26Cl2N2SY. The molecule has 0 unspecified atom stereocenters. The first-order chi connectivity index (χ1) is 11.4. The molecule has 1 aliphatic heterocycles. The van der Waals surface area contributed by atoms with Crippen molar-refractivity contribution in [3.05, 3.63) is 56.7 Å². The van der Waals surface area contributed by atoms with Crippen LogP contribution in [-0.2, 0) is 44.5 Å². The summed E-state index contributed by atoms with van der Waals surface area (Å²) in [6.07, 6.45) is 5.49. The largest absolute Gasteiger partial charge is 1.00 e. The van der Waals surface area contributed by atoms with Crippen molar-refractivity contribution in [2.45, 2.75) is 39.5 Å². The summed E-state index contributed by atoms with van der Waals surface area (Å²) >= 11 is 7.99. The molecule has 1 aromatic heterocycles. The van der Waals surface area contributed by atoms with Gasteiger partial charge in [0.25, 0.3) is 0 Å². The van der Waals surface area contributed by atoms with Crippen LogP contribution in [0, 0.1) is 0 Å². The zero-order chi connectivity index (χ0) is 17.7. The first-order valence-corrected chi connectivity index (χ1v) is 9.53. The molecule has 26 heavy (non-hydrogen) atoms. The van der Waals surface area contributed by atoms with Crippen LogP contribution in [0.4, 0.5) is 5.69 Å². The molecule has 3 N–H and O–H groups in total. The van der Waals surface area contributed by atoms with Gasteiger partial charge in [0.05, 0.1) is 5.41 Å². The summed E-state index contributed by atoms with van der Waals surface area (Å²) in [5, 5.41) is 0.791. The fourth-order valence-electron chi connectivity index (χ4n) is 2.68. The van der Waals surface area contributed by atoms with Crippen molar-refractivity contribution in [3.8, 4) is 0 Å². The van der Waals surface area contributed by atoms with Crippen molar-refractivity contribution in [3.63, 3.8) is 0 Å². The maximum Gasteiger partial charge on any atom is 0.208 e. The zero-order valence-electron chi connectivity index (χ0n) is 15.8. The molecule has 3 rings (SSSR count). The Balaban J connectivity index is 0.00000117. The van der Waals surface area contributed by atoms with Crippen LogP contribution in [0.5, 0.6) is 0 Å². The van der Waals surface area contributed by atoms with Gasteiger partial charge in [-0.15, -0.1) is 11.3 Å². The van der Waals surface area contributed by atoms with Gasteiger partial charge >= 0.3 is 0 Å². The van der Waals surface area contributed by atoms with Crippen molar-refractivity contribution < 1.29 is 50.1 Å². The zero-order valence-corrected chi connectivity index (χ0v) is 20.9. The third kappa shape index (κ3) is 6.26. The number of aryl methyl sites for hydroxylation is 1. The Labute approximate surface area is 197 Å². The van der Waals surface area contributed by atoms with Gasteiger partial charge in [-0.2, -0.15) is 0 Å². The van der Waals surface area contributed by atoms with Gasteiger partial charge in [-0.05, 0) is 57.2 Å². The number of halogens is 2. The Morgan fingerprint density at radius 1 is 1.15 bits per heavy atom.